The standard InChI is InChI=1S/C18H17ClN2/c1-20-18-9-14(12-4-2-3-5-13(12)18)16-10-21-17-7-6-11(19)8-15(16)17/h2-8,10,14,18,20-21H,9H2,1H3/t14-,18-/m1/s1. The maximum absolute atomic E-state index is 6.18. The molecule has 2 nitrogen and oxygen atoms in total. The van der Waals surface area contributed by atoms with Crippen LogP contribution in [0.25, 0.3) is 10.9 Å². The van der Waals surface area contributed by atoms with Gasteiger partial charge < -0.3 is 10.3 Å². The van der Waals surface area contributed by atoms with Crippen molar-refractivity contribution in [2.24, 2.45) is 0 Å². The van der Waals surface area contributed by atoms with Crippen molar-refractivity contribution in [1.29, 1.82) is 0 Å². The second kappa shape index (κ2) is 4.90. The number of hydrogen-bond donors (Lipinski definition) is 2. The van der Waals surface area contributed by atoms with Crippen molar-refractivity contribution >= 4 is 22.5 Å². The van der Waals surface area contributed by atoms with Gasteiger partial charge in [0.05, 0.1) is 0 Å². The molecule has 0 saturated carbocycles. The van der Waals surface area contributed by atoms with E-state index in [0.29, 0.717) is 12.0 Å². The second-order valence-corrected chi connectivity index (χ2v) is 6.13. The molecule has 2 N–H and O–H groups in total. The molecule has 2 aromatic carbocycles. The summed E-state index contributed by atoms with van der Waals surface area (Å²) in [5.41, 5.74) is 5.34. The Morgan fingerprint density at radius 3 is 2.71 bits per heavy atom. The number of fused-ring (bicyclic) bond motifs is 2. The zero-order chi connectivity index (χ0) is 14.4. The van der Waals surface area contributed by atoms with Crippen LogP contribution in [0.15, 0.2) is 48.7 Å². The van der Waals surface area contributed by atoms with E-state index >= 15 is 0 Å². The molecule has 0 spiro atoms. The number of benzene rings is 2. The van der Waals surface area contributed by atoms with Crippen molar-refractivity contribution in [3.8, 4) is 0 Å². The van der Waals surface area contributed by atoms with Crippen LogP contribution in [-0.2, 0) is 0 Å². The average molecular weight is 297 g/mol. The molecule has 0 amide bonds. The summed E-state index contributed by atoms with van der Waals surface area (Å²) in [5, 5.41) is 5.46. The molecular weight excluding hydrogens is 280 g/mol. The lowest BCUT2D eigenvalue weighted by molar-refractivity contribution is 0.566. The number of hydrogen-bond acceptors (Lipinski definition) is 1. The van der Waals surface area contributed by atoms with Crippen LogP contribution in [0.3, 0.4) is 0 Å². The third kappa shape index (κ3) is 1.98. The van der Waals surface area contributed by atoms with E-state index in [2.05, 4.69) is 52.9 Å². The summed E-state index contributed by atoms with van der Waals surface area (Å²) in [5.74, 6) is 0.422. The number of rotatable bonds is 2. The molecular formula is C18H17ClN2. The van der Waals surface area contributed by atoms with Crippen molar-refractivity contribution in [2.75, 3.05) is 7.05 Å². The van der Waals surface area contributed by atoms with Crippen molar-refractivity contribution < 1.29 is 0 Å². The van der Waals surface area contributed by atoms with Crippen LogP contribution in [0.5, 0.6) is 0 Å². The van der Waals surface area contributed by atoms with Gasteiger partial charge in [0.15, 0.2) is 0 Å². The number of halogens is 1. The first-order valence-corrected chi connectivity index (χ1v) is 7.68. The minimum atomic E-state index is 0.422. The van der Waals surface area contributed by atoms with Crippen LogP contribution in [0.4, 0.5) is 0 Å². The fourth-order valence-electron chi connectivity index (χ4n) is 3.61. The van der Waals surface area contributed by atoms with Crippen molar-refractivity contribution in [1.82, 2.24) is 10.3 Å². The summed E-state index contributed by atoms with van der Waals surface area (Å²) in [4.78, 5) is 3.38. The predicted octanol–water partition coefficient (Wildman–Crippen LogP) is 4.62. The molecule has 0 fully saturated rings. The zero-order valence-electron chi connectivity index (χ0n) is 11.9. The van der Waals surface area contributed by atoms with Gasteiger partial charge >= 0.3 is 0 Å². The summed E-state index contributed by atoms with van der Waals surface area (Å²) in [6.45, 7) is 0. The molecule has 3 heteroatoms. The molecule has 0 bridgehead atoms. The van der Waals surface area contributed by atoms with Gasteiger partial charge in [0.1, 0.15) is 0 Å². The first-order valence-electron chi connectivity index (χ1n) is 7.30. The van der Waals surface area contributed by atoms with Crippen molar-refractivity contribution in [3.05, 3.63) is 70.4 Å². The second-order valence-electron chi connectivity index (χ2n) is 5.69. The van der Waals surface area contributed by atoms with Gasteiger partial charge in [0.25, 0.3) is 0 Å². The van der Waals surface area contributed by atoms with Crippen molar-refractivity contribution in [2.45, 2.75) is 18.4 Å². The van der Waals surface area contributed by atoms with Crippen LogP contribution in [0.2, 0.25) is 5.02 Å². The Morgan fingerprint density at radius 2 is 1.90 bits per heavy atom. The van der Waals surface area contributed by atoms with Gasteiger partial charge in [-0.3, -0.25) is 0 Å². The normalized spacial score (nSPS) is 20.9. The van der Waals surface area contributed by atoms with Gasteiger partial charge in [-0.25, -0.2) is 0 Å². The highest BCUT2D eigenvalue weighted by molar-refractivity contribution is 6.31. The zero-order valence-corrected chi connectivity index (χ0v) is 12.6. The Morgan fingerprint density at radius 1 is 1.10 bits per heavy atom. The quantitative estimate of drug-likeness (QED) is 0.710. The molecule has 0 radical (unpaired) electrons. The van der Waals surface area contributed by atoms with Crippen LogP contribution in [0.1, 0.15) is 35.1 Å². The molecule has 0 unspecified atom stereocenters. The molecule has 1 aliphatic carbocycles. The first kappa shape index (κ1) is 12.9. The Labute approximate surface area is 129 Å². The summed E-state index contributed by atoms with van der Waals surface area (Å²) >= 11 is 6.18. The molecule has 2 atom stereocenters. The molecule has 1 aliphatic rings. The van der Waals surface area contributed by atoms with E-state index in [4.69, 9.17) is 11.6 Å². The number of nitrogens with one attached hydrogen (secondary N) is 2. The van der Waals surface area contributed by atoms with E-state index < -0.39 is 0 Å². The smallest absolute Gasteiger partial charge is 0.0458 e. The summed E-state index contributed by atoms with van der Waals surface area (Å²) in [7, 11) is 2.04. The van der Waals surface area contributed by atoms with Crippen LogP contribution in [0, 0.1) is 0 Å². The number of H-pyrrole nitrogens is 1. The van der Waals surface area contributed by atoms with E-state index in [-0.39, 0.29) is 0 Å². The molecule has 1 heterocycles. The van der Waals surface area contributed by atoms with Crippen molar-refractivity contribution in [3.63, 3.8) is 0 Å². The van der Waals surface area contributed by atoms with E-state index in [1.807, 2.05) is 13.1 Å². The molecule has 0 saturated heterocycles. The van der Waals surface area contributed by atoms with E-state index in [1.54, 1.807) is 0 Å². The van der Waals surface area contributed by atoms with Crippen LogP contribution in [-0.4, -0.2) is 12.0 Å². The fourth-order valence-corrected chi connectivity index (χ4v) is 3.78. The maximum atomic E-state index is 6.18. The molecule has 4 rings (SSSR count). The number of aromatic nitrogens is 1. The van der Waals surface area contributed by atoms with Crippen LogP contribution < -0.4 is 5.32 Å². The highest BCUT2D eigenvalue weighted by atomic mass is 35.5. The Balaban J connectivity index is 1.88. The number of aromatic amines is 1. The van der Waals surface area contributed by atoms with Crippen LogP contribution >= 0.6 is 11.6 Å². The minimum Gasteiger partial charge on any atom is -0.361 e. The largest absolute Gasteiger partial charge is 0.361 e. The lowest BCUT2D eigenvalue weighted by Gasteiger charge is -2.11. The molecule has 106 valence electrons. The van der Waals surface area contributed by atoms with Gasteiger partial charge in [0, 0.05) is 34.1 Å². The van der Waals surface area contributed by atoms with Gasteiger partial charge in [-0.05, 0) is 48.4 Å². The Hall–Kier alpha value is -1.77. The Kier molecular flexibility index (Phi) is 3.02. The highest BCUT2D eigenvalue weighted by Gasteiger charge is 2.31. The SMILES string of the molecule is CN[C@@H]1C[C@@H](c2c[nH]c3ccc(Cl)cc23)c2ccccc21. The van der Waals surface area contributed by atoms with Gasteiger partial charge in [-0.1, -0.05) is 35.9 Å². The lowest BCUT2D eigenvalue weighted by atomic mass is 9.93. The van der Waals surface area contributed by atoms with E-state index in [9.17, 15) is 0 Å². The summed E-state index contributed by atoms with van der Waals surface area (Å²) in [6.07, 6.45) is 3.23. The monoisotopic (exact) mass is 296 g/mol. The minimum absolute atomic E-state index is 0.422. The molecule has 1 aromatic heterocycles. The van der Waals surface area contributed by atoms with Gasteiger partial charge in [0.2, 0.25) is 0 Å². The summed E-state index contributed by atoms with van der Waals surface area (Å²) in [6, 6.07) is 15.2. The van der Waals surface area contributed by atoms with Gasteiger partial charge in [-0.15, -0.1) is 0 Å². The van der Waals surface area contributed by atoms with E-state index in [1.165, 1.54) is 22.1 Å². The molecule has 0 aliphatic heterocycles. The molecule has 21 heavy (non-hydrogen) atoms. The predicted molar refractivity (Wildman–Crippen MR) is 88.0 cm³/mol. The summed E-state index contributed by atoms with van der Waals surface area (Å²) < 4.78 is 0. The average Bonchev–Trinajstić information content (AvgIpc) is 3.07. The van der Waals surface area contributed by atoms with Gasteiger partial charge in [-0.2, -0.15) is 0 Å². The third-order valence-electron chi connectivity index (χ3n) is 4.62. The lowest BCUT2D eigenvalue weighted by Crippen LogP contribution is -2.13. The third-order valence-corrected chi connectivity index (χ3v) is 4.85. The molecule has 3 aromatic rings. The Bertz CT molecular complexity index is 806. The fraction of sp³-hybridized carbons (Fsp3) is 0.222. The topological polar surface area (TPSA) is 27.8 Å². The highest BCUT2D eigenvalue weighted by Crippen LogP contribution is 2.45. The van der Waals surface area contributed by atoms with E-state index in [0.717, 1.165) is 17.0 Å². The first-order chi connectivity index (χ1) is 10.3. The maximum Gasteiger partial charge on any atom is 0.0458 e.